The molecule has 714 valence electrons. The Balaban J connectivity index is 0.000000816. The smallest absolute Gasteiger partial charge is 0.0713 e. The van der Waals surface area contributed by atoms with E-state index in [1.807, 2.05) is 208 Å². The number of aromatic nitrogens is 2. The second-order valence-corrected chi connectivity index (χ2v) is 26.8. The predicted molar refractivity (Wildman–Crippen MR) is 612 cm³/mol. The van der Waals surface area contributed by atoms with Crippen LogP contribution in [0.4, 0.5) is 11.4 Å². The second-order valence-electron chi connectivity index (χ2n) is 26.8. The maximum atomic E-state index is 2.37. The molecule has 2 aliphatic rings. The summed E-state index contributed by atoms with van der Waals surface area (Å²) in [5, 5.41) is 5.20. The summed E-state index contributed by atoms with van der Waals surface area (Å²) in [5.41, 5.74) is 28.1. The average Bonchev–Trinajstić information content (AvgIpc) is 1.53. The summed E-state index contributed by atoms with van der Waals surface area (Å²) in [7, 11) is 0. The van der Waals surface area contributed by atoms with Gasteiger partial charge in [0.25, 0.3) is 0 Å². The van der Waals surface area contributed by atoms with Crippen molar-refractivity contribution in [1.29, 1.82) is 0 Å². The van der Waals surface area contributed by atoms with Crippen LogP contribution in [-0.4, -0.2) is 35.3 Å². The maximum Gasteiger partial charge on any atom is 0.0713 e. The number of para-hydroxylation sites is 4. The fraction of sp³-hybridized carbons (Fsp3) is 0.308. The number of rotatable bonds is 13. The van der Waals surface area contributed by atoms with Crippen molar-refractivity contribution in [3.63, 3.8) is 0 Å². The molecular formula is C130H174N4. The molecule has 4 heteroatoms. The van der Waals surface area contributed by atoms with Crippen LogP contribution in [-0.2, 0) is 10.8 Å². The molecule has 0 aliphatic heterocycles. The SMILES string of the molecule is CC.CC.CC.CC.CC.CC.CC.CC.CC.CC.CC.CC.CC.CC.CC.CCN(CC)c1ccc(-c2ccc(-n3c4ccccc4c4ccccc43)cc2)cc1.CCN(CC)c1ccc(-n2c3ccccc3c3ccccc32)cc1.c1ccc(C2(c3ccccc3)c3ccccc3-c3ccccc32)cc1.c1ccc(C2(c3ccccc3)c3ccccc3-c3ccccc32)cc1. The minimum atomic E-state index is -0.254. The Morgan fingerprint density at radius 3 is 0.545 bits per heavy atom. The van der Waals surface area contributed by atoms with Gasteiger partial charge in [-0.15, -0.1) is 0 Å². The van der Waals surface area contributed by atoms with Crippen molar-refractivity contribution in [2.75, 3.05) is 36.0 Å². The molecule has 0 saturated carbocycles. The van der Waals surface area contributed by atoms with Gasteiger partial charge in [0.1, 0.15) is 0 Å². The topological polar surface area (TPSA) is 16.3 Å². The molecular weight excluding hydrogens is 1620 g/mol. The van der Waals surface area contributed by atoms with Crippen LogP contribution >= 0.6 is 0 Å². The molecule has 15 aromatic carbocycles. The van der Waals surface area contributed by atoms with E-state index < -0.39 is 0 Å². The molecule has 0 amide bonds. The molecule has 17 aromatic rings. The van der Waals surface area contributed by atoms with Gasteiger partial charge < -0.3 is 18.9 Å². The third kappa shape index (κ3) is 27.8. The molecule has 0 atom stereocenters. The zero-order chi connectivity index (χ0) is 100. The lowest BCUT2D eigenvalue weighted by Gasteiger charge is -2.33. The van der Waals surface area contributed by atoms with Gasteiger partial charge in [-0.2, -0.15) is 0 Å². The molecule has 2 heterocycles. The summed E-state index contributed by atoms with van der Waals surface area (Å²) in [4.78, 5) is 4.74. The number of fused-ring (bicyclic) bond motifs is 12. The third-order valence-corrected chi connectivity index (χ3v) is 21.6. The first-order valence-corrected chi connectivity index (χ1v) is 51.9. The van der Waals surface area contributed by atoms with Gasteiger partial charge in [0.15, 0.2) is 0 Å². The van der Waals surface area contributed by atoms with Crippen molar-refractivity contribution in [3.05, 3.63) is 433 Å². The van der Waals surface area contributed by atoms with E-state index in [-0.39, 0.29) is 10.8 Å². The predicted octanol–water partition coefficient (Wildman–Crippen LogP) is 40.4. The highest BCUT2D eigenvalue weighted by Gasteiger charge is 2.47. The first kappa shape index (κ1) is 120. The lowest BCUT2D eigenvalue weighted by molar-refractivity contribution is 0.768. The Morgan fingerprint density at radius 1 is 0.172 bits per heavy atom. The van der Waals surface area contributed by atoms with Gasteiger partial charge in [0.2, 0.25) is 0 Å². The molecule has 19 rings (SSSR count). The molecule has 0 radical (unpaired) electrons. The number of hydrogen-bond donors (Lipinski definition) is 0. The summed E-state index contributed by atoms with van der Waals surface area (Å²) < 4.78 is 4.72. The zero-order valence-corrected chi connectivity index (χ0v) is 89.6. The van der Waals surface area contributed by atoms with Gasteiger partial charge in [0, 0.05) is 70.5 Å². The van der Waals surface area contributed by atoms with E-state index in [4.69, 9.17) is 0 Å². The number of anilines is 2. The van der Waals surface area contributed by atoms with E-state index >= 15 is 0 Å². The average molecular weight is 1790 g/mol. The summed E-state index contributed by atoms with van der Waals surface area (Å²) in [5.74, 6) is 0. The fourth-order valence-electron chi connectivity index (χ4n) is 16.9. The molecule has 2 aromatic heterocycles. The molecule has 0 spiro atoms. The number of nitrogens with zero attached hydrogens (tertiary/aromatic N) is 4. The molecule has 0 saturated heterocycles. The van der Waals surface area contributed by atoms with Gasteiger partial charge in [-0.25, -0.2) is 0 Å². The first-order chi connectivity index (χ1) is 66.5. The van der Waals surface area contributed by atoms with Crippen LogP contribution < -0.4 is 9.80 Å². The lowest BCUT2D eigenvalue weighted by atomic mass is 9.68. The van der Waals surface area contributed by atoms with Gasteiger partial charge in [-0.05, 0) is 178 Å². The third-order valence-electron chi connectivity index (χ3n) is 21.6. The van der Waals surface area contributed by atoms with Crippen LogP contribution in [0.3, 0.4) is 0 Å². The van der Waals surface area contributed by atoms with Gasteiger partial charge in [-0.1, -0.05) is 523 Å². The molecule has 2 aliphatic carbocycles. The van der Waals surface area contributed by atoms with Crippen molar-refractivity contribution in [1.82, 2.24) is 9.13 Å². The van der Waals surface area contributed by atoms with E-state index in [0.29, 0.717) is 0 Å². The highest BCUT2D eigenvalue weighted by molar-refractivity contribution is 6.10. The minimum Gasteiger partial charge on any atom is -0.372 e. The van der Waals surface area contributed by atoms with Gasteiger partial charge >= 0.3 is 0 Å². The van der Waals surface area contributed by atoms with Crippen molar-refractivity contribution < 1.29 is 0 Å². The number of benzene rings is 15. The van der Waals surface area contributed by atoms with Crippen molar-refractivity contribution in [2.24, 2.45) is 0 Å². The Kier molecular flexibility index (Phi) is 61.9. The quantitative estimate of drug-likeness (QED) is 0.114. The molecule has 0 N–H and O–H groups in total. The monoisotopic (exact) mass is 1790 g/mol. The van der Waals surface area contributed by atoms with E-state index in [1.54, 1.807) is 0 Å². The van der Waals surface area contributed by atoms with E-state index in [1.165, 1.54) is 144 Å². The van der Waals surface area contributed by atoms with Crippen molar-refractivity contribution in [3.8, 4) is 44.8 Å². The van der Waals surface area contributed by atoms with E-state index in [2.05, 4.69) is 435 Å². The zero-order valence-electron chi connectivity index (χ0n) is 89.6. The van der Waals surface area contributed by atoms with Crippen LogP contribution in [0.15, 0.2) is 388 Å². The molecule has 0 unspecified atom stereocenters. The van der Waals surface area contributed by atoms with Gasteiger partial charge in [-0.3, -0.25) is 0 Å². The number of hydrogen-bond acceptors (Lipinski definition) is 2. The van der Waals surface area contributed by atoms with Crippen LogP contribution in [0.5, 0.6) is 0 Å². The fourth-order valence-corrected chi connectivity index (χ4v) is 16.9. The van der Waals surface area contributed by atoms with Crippen molar-refractivity contribution >= 4 is 55.0 Å². The summed E-state index contributed by atoms with van der Waals surface area (Å²) in [6.45, 7) is 72.9. The maximum absolute atomic E-state index is 2.37. The Hall–Kier alpha value is -12.5. The Labute approximate surface area is 818 Å². The van der Waals surface area contributed by atoms with Crippen LogP contribution in [0, 0.1) is 0 Å². The van der Waals surface area contributed by atoms with Crippen LogP contribution in [0.2, 0.25) is 0 Å². The standard InChI is InChI=1S/C28H26N2.2C25H18.C22H22N2.15C2H6/c1-3-29(4-2)23-17-13-21(14-18-23)22-15-19-24(20-16-22)30-27-11-7-5-9-25(27)26-10-6-8-12-28(26)30;2*1-3-11-19(12-4-1)25(20-13-5-2-6-14-20)23-17-9-7-15-21(23)22-16-8-10-18-24(22)25;1-3-23(4-2)17-13-15-18(16-14-17)24-21-11-7-5-9-19(21)20-10-6-8-12-22(20)24;15*1-2/h5-20H,3-4H2,1-2H3;2*1-18H;5-16H,3-4H2,1-2H3;15*1-2H3. The minimum absolute atomic E-state index is 0.254. The molecule has 0 bridgehead atoms. The Bertz CT molecular complexity index is 5320. The van der Waals surface area contributed by atoms with Crippen LogP contribution in [0.25, 0.3) is 88.4 Å². The summed E-state index contributed by atoms with van der Waals surface area (Å²) in [6, 6.07) is 140. The molecule has 4 nitrogen and oxygen atoms in total. The normalized spacial score (nSPS) is 10.4. The first-order valence-electron chi connectivity index (χ1n) is 51.9. The highest BCUT2D eigenvalue weighted by atomic mass is 15.1. The second kappa shape index (κ2) is 69.4. The Morgan fingerprint density at radius 2 is 0.336 bits per heavy atom. The highest BCUT2D eigenvalue weighted by Crippen LogP contribution is 2.57. The van der Waals surface area contributed by atoms with E-state index in [9.17, 15) is 0 Å². The summed E-state index contributed by atoms with van der Waals surface area (Å²) >= 11 is 0. The molecule has 134 heavy (non-hydrogen) atoms. The van der Waals surface area contributed by atoms with Crippen molar-refractivity contribution in [2.45, 2.75) is 246 Å². The largest absolute Gasteiger partial charge is 0.372 e. The van der Waals surface area contributed by atoms with E-state index in [0.717, 1.165) is 26.2 Å². The summed E-state index contributed by atoms with van der Waals surface area (Å²) in [6.07, 6.45) is 0. The lowest BCUT2D eigenvalue weighted by Crippen LogP contribution is -2.28. The van der Waals surface area contributed by atoms with Gasteiger partial charge in [0.05, 0.1) is 32.9 Å². The molecule has 0 fully saturated rings. The van der Waals surface area contributed by atoms with Crippen LogP contribution in [0.1, 0.15) is 280 Å².